The number of ether oxygens (including phenoxy) is 1. The van der Waals surface area contributed by atoms with Crippen LogP contribution in [-0.2, 0) is 9.59 Å². The molecule has 2 amide bonds. The molecule has 0 fully saturated rings. The van der Waals surface area contributed by atoms with Crippen LogP contribution in [0.15, 0.2) is 72.4 Å². The van der Waals surface area contributed by atoms with Crippen molar-refractivity contribution in [3.63, 3.8) is 0 Å². The molecule has 0 saturated carbocycles. The normalized spacial score (nSPS) is 13.8. The topological polar surface area (TPSA) is 58.6 Å². The Labute approximate surface area is 190 Å². The second-order valence-electron chi connectivity index (χ2n) is 7.95. The van der Waals surface area contributed by atoms with Crippen molar-refractivity contribution in [2.45, 2.75) is 26.9 Å². The van der Waals surface area contributed by atoms with E-state index in [-0.39, 0.29) is 23.1 Å². The molecule has 3 aromatic rings. The van der Waals surface area contributed by atoms with Gasteiger partial charge >= 0.3 is 0 Å². The molecule has 0 unspecified atom stereocenters. The minimum Gasteiger partial charge on any atom is -0.489 e. The highest BCUT2D eigenvalue weighted by atomic mass is 19.2. The molecule has 0 radical (unpaired) electrons. The quantitative estimate of drug-likeness (QED) is 0.509. The molecule has 0 atom stereocenters. The summed E-state index contributed by atoms with van der Waals surface area (Å²) in [6, 6.07) is 17.1. The van der Waals surface area contributed by atoms with Crippen molar-refractivity contribution in [1.82, 2.24) is 0 Å². The van der Waals surface area contributed by atoms with Crippen LogP contribution in [-0.4, -0.2) is 17.9 Å². The number of imide groups is 1. The van der Waals surface area contributed by atoms with Gasteiger partial charge in [0.1, 0.15) is 11.4 Å². The fourth-order valence-electron chi connectivity index (χ4n) is 3.57. The zero-order valence-electron chi connectivity index (χ0n) is 18.4. The van der Waals surface area contributed by atoms with Crippen molar-refractivity contribution >= 4 is 28.8 Å². The van der Waals surface area contributed by atoms with Gasteiger partial charge in [0, 0.05) is 11.8 Å². The van der Waals surface area contributed by atoms with Gasteiger partial charge in [-0.15, -0.1) is 0 Å². The molecule has 0 aromatic heterocycles. The molecule has 1 aliphatic heterocycles. The molecular formula is C26H22F2N2O3. The van der Waals surface area contributed by atoms with Crippen LogP contribution in [0.3, 0.4) is 0 Å². The second kappa shape index (κ2) is 8.86. The van der Waals surface area contributed by atoms with Gasteiger partial charge in [-0.3, -0.25) is 9.59 Å². The van der Waals surface area contributed by atoms with E-state index in [0.717, 1.165) is 22.6 Å². The second-order valence-corrected chi connectivity index (χ2v) is 7.95. The Morgan fingerprint density at radius 3 is 2.24 bits per heavy atom. The molecule has 1 N–H and O–H groups in total. The molecule has 0 saturated heterocycles. The predicted molar refractivity (Wildman–Crippen MR) is 123 cm³/mol. The Bertz CT molecular complexity index is 1270. The summed E-state index contributed by atoms with van der Waals surface area (Å²) in [6.07, 6.45) is -0.178. The summed E-state index contributed by atoms with van der Waals surface area (Å²) in [7, 11) is 0. The number of halogens is 2. The lowest BCUT2D eigenvalue weighted by molar-refractivity contribution is -0.120. The van der Waals surface area contributed by atoms with Crippen molar-refractivity contribution in [1.29, 1.82) is 0 Å². The van der Waals surface area contributed by atoms with Crippen molar-refractivity contribution in [2.75, 3.05) is 10.2 Å². The van der Waals surface area contributed by atoms with Crippen LogP contribution >= 0.6 is 0 Å². The minimum atomic E-state index is -1.07. The third-order valence-corrected chi connectivity index (χ3v) is 5.08. The van der Waals surface area contributed by atoms with Crippen LogP contribution in [0, 0.1) is 18.6 Å². The zero-order chi connectivity index (χ0) is 23.7. The molecule has 5 nitrogen and oxygen atoms in total. The number of nitrogens with zero attached hydrogens (tertiary/aromatic N) is 1. The van der Waals surface area contributed by atoms with Crippen molar-refractivity contribution in [2.24, 2.45) is 0 Å². The van der Waals surface area contributed by atoms with Gasteiger partial charge in [0.05, 0.1) is 17.4 Å². The Morgan fingerprint density at radius 1 is 0.879 bits per heavy atom. The van der Waals surface area contributed by atoms with Gasteiger partial charge < -0.3 is 10.1 Å². The van der Waals surface area contributed by atoms with E-state index < -0.39 is 23.4 Å². The molecule has 1 aliphatic rings. The predicted octanol–water partition coefficient (Wildman–Crippen LogP) is 5.46. The van der Waals surface area contributed by atoms with Gasteiger partial charge in [-0.05, 0) is 50.6 Å². The number of hydrogen-bond acceptors (Lipinski definition) is 4. The number of amides is 2. The maximum absolute atomic E-state index is 13.8. The summed E-state index contributed by atoms with van der Waals surface area (Å²) in [4.78, 5) is 28.1. The number of rotatable bonds is 6. The fraction of sp³-hybridized carbons (Fsp3) is 0.154. The van der Waals surface area contributed by atoms with Crippen LogP contribution in [0.1, 0.15) is 25.0 Å². The summed E-state index contributed by atoms with van der Waals surface area (Å²) in [5, 5.41) is 2.83. The van der Waals surface area contributed by atoms with E-state index in [1.54, 1.807) is 36.4 Å². The van der Waals surface area contributed by atoms with Crippen LogP contribution in [0.5, 0.6) is 5.75 Å². The van der Waals surface area contributed by atoms with Gasteiger partial charge in [0.25, 0.3) is 11.8 Å². The number of benzene rings is 3. The number of aryl methyl sites for hydroxylation is 1. The summed E-state index contributed by atoms with van der Waals surface area (Å²) < 4.78 is 33.0. The first-order valence-corrected chi connectivity index (χ1v) is 10.4. The molecule has 0 bridgehead atoms. The van der Waals surface area contributed by atoms with E-state index in [1.807, 2.05) is 32.9 Å². The molecule has 1 heterocycles. The van der Waals surface area contributed by atoms with Gasteiger partial charge in [-0.2, -0.15) is 0 Å². The first kappa shape index (κ1) is 22.2. The maximum Gasteiger partial charge on any atom is 0.282 e. The molecular weight excluding hydrogens is 426 g/mol. The summed E-state index contributed by atoms with van der Waals surface area (Å²) in [5.74, 6) is -2.87. The number of para-hydroxylation sites is 2. The van der Waals surface area contributed by atoms with Crippen LogP contribution in [0.4, 0.5) is 20.2 Å². The lowest BCUT2D eigenvalue weighted by atomic mass is 10.0. The van der Waals surface area contributed by atoms with E-state index in [2.05, 4.69) is 5.32 Å². The average molecular weight is 448 g/mol. The number of anilines is 2. The first-order chi connectivity index (χ1) is 15.8. The highest BCUT2D eigenvalue weighted by Crippen LogP contribution is 2.38. The van der Waals surface area contributed by atoms with E-state index in [0.29, 0.717) is 17.0 Å². The summed E-state index contributed by atoms with van der Waals surface area (Å²) in [5.41, 5.74) is 2.04. The van der Waals surface area contributed by atoms with E-state index in [9.17, 15) is 18.4 Å². The highest BCUT2D eigenvalue weighted by molar-refractivity contribution is 6.46. The van der Waals surface area contributed by atoms with Gasteiger partial charge in [0.2, 0.25) is 0 Å². The monoisotopic (exact) mass is 448 g/mol. The lowest BCUT2D eigenvalue weighted by Crippen LogP contribution is -2.33. The number of carbonyl (C=O) groups is 2. The van der Waals surface area contributed by atoms with Crippen LogP contribution < -0.4 is 15.0 Å². The van der Waals surface area contributed by atoms with Crippen molar-refractivity contribution < 1.29 is 23.1 Å². The molecule has 4 rings (SSSR count). The van der Waals surface area contributed by atoms with E-state index in [4.69, 9.17) is 4.74 Å². The molecule has 7 heteroatoms. The smallest absolute Gasteiger partial charge is 0.282 e. The molecule has 0 aliphatic carbocycles. The summed E-state index contributed by atoms with van der Waals surface area (Å²) in [6.45, 7) is 5.60. The van der Waals surface area contributed by atoms with Crippen molar-refractivity contribution in [3.8, 4) is 5.75 Å². The third-order valence-electron chi connectivity index (χ3n) is 5.08. The third kappa shape index (κ3) is 4.35. The fourth-order valence-corrected chi connectivity index (χ4v) is 3.57. The Morgan fingerprint density at radius 2 is 1.58 bits per heavy atom. The van der Waals surface area contributed by atoms with Crippen molar-refractivity contribution in [3.05, 3.63) is 95.2 Å². The lowest BCUT2D eigenvalue weighted by Gasteiger charge is -2.20. The number of carbonyl (C=O) groups excluding carboxylic acids is 2. The highest BCUT2D eigenvalue weighted by Gasteiger charge is 2.41. The average Bonchev–Trinajstić information content (AvgIpc) is 3.01. The van der Waals surface area contributed by atoms with Gasteiger partial charge in [-0.1, -0.05) is 42.0 Å². The summed E-state index contributed by atoms with van der Waals surface area (Å²) >= 11 is 0. The number of hydrogen-bond donors (Lipinski definition) is 1. The van der Waals surface area contributed by atoms with Crippen LogP contribution in [0.2, 0.25) is 0 Å². The zero-order valence-corrected chi connectivity index (χ0v) is 18.4. The van der Waals surface area contributed by atoms with Crippen LogP contribution in [0.25, 0.3) is 5.57 Å². The van der Waals surface area contributed by atoms with E-state index in [1.165, 1.54) is 6.07 Å². The largest absolute Gasteiger partial charge is 0.489 e. The molecule has 33 heavy (non-hydrogen) atoms. The Kier molecular flexibility index (Phi) is 5.96. The number of nitrogens with one attached hydrogen (secondary N) is 1. The molecule has 0 spiro atoms. The van der Waals surface area contributed by atoms with Gasteiger partial charge in [-0.25, -0.2) is 13.7 Å². The molecule has 168 valence electrons. The maximum atomic E-state index is 13.8. The Hall–Kier alpha value is -4.00. The first-order valence-electron chi connectivity index (χ1n) is 10.4. The SMILES string of the molecule is Cc1ccc(C2=C(Nc3ccc(F)c(F)c3)C(=O)N(c3ccccc3OC(C)C)C2=O)cc1. The minimum absolute atomic E-state index is 0.0331. The standard InChI is InChI=1S/C26H22F2N2O3/c1-15(2)33-22-7-5-4-6-21(22)30-25(31)23(17-10-8-16(3)9-11-17)24(26(30)32)29-18-12-13-19(27)20(28)14-18/h4-15,29H,1-3H3. The molecule has 3 aromatic carbocycles. The Balaban J connectivity index is 1.83. The van der Waals surface area contributed by atoms with E-state index >= 15 is 0 Å². The van der Waals surface area contributed by atoms with Gasteiger partial charge in [0.15, 0.2) is 11.6 Å².